The first-order chi connectivity index (χ1) is 9.83. The monoisotopic (exact) mass is 309 g/mol. The first-order valence-electron chi connectivity index (χ1n) is 6.55. The molecule has 2 rings (SSSR count). The van der Waals surface area contributed by atoms with Crippen LogP contribution in [-0.2, 0) is 10.0 Å². The molecule has 0 spiro atoms. The summed E-state index contributed by atoms with van der Waals surface area (Å²) in [6.45, 7) is 5.74. The third kappa shape index (κ3) is 3.36. The maximum atomic E-state index is 12.4. The minimum Gasteiger partial charge on any atom is -0.495 e. The fourth-order valence-corrected chi connectivity index (χ4v) is 2.85. The molecule has 0 aliphatic carbocycles. The lowest BCUT2D eigenvalue weighted by molar-refractivity contribution is 0.417. The summed E-state index contributed by atoms with van der Waals surface area (Å²) in [5.41, 5.74) is 1.35. The molecule has 7 heteroatoms. The molecule has 2 aromatic rings. The standard InChI is InChI=1S/C14H19N3O3S/c1-10(2)17-9-12(8-15-17)21(18,19)16-13-7-11(3)5-6-14(13)20-4/h5-10,16H,1-4H3. The van der Waals surface area contributed by atoms with E-state index in [0.29, 0.717) is 11.4 Å². The second kappa shape index (κ2) is 5.77. The number of aromatic nitrogens is 2. The molecule has 1 aromatic heterocycles. The Kier molecular flexibility index (Phi) is 4.22. The maximum absolute atomic E-state index is 12.4. The Balaban J connectivity index is 2.34. The average Bonchev–Trinajstić information content (AvgIpc) is 2.89. The van der Waals surface area contributed by atoms with Crippen molar-refractivity contribution in [3.63, 3.8) is 0 Å². The number of hydrogen-bond donors (Lipinski definition) is 1. The van der Waals surface area contributed by atoms with Crippen LogP contribution in [0.3, 0.4) is 0 Å². The lowest BCUT2D eigenvalue weighted by Gasteiger charge is -2.11. The number of benzene rings is 1. The van der Waals surface area contributed by atoms with Crippen molar-refractivity contribution in [2.75, 3.05) is 11.8 Å². The SMILES string of the molecule is COc1ccc(C)cc1NS(=O)(=O)c1cnn(C(C)C)c1. The Hall–Kier alpha value is -2.02. The lowest BCUT2D eigenvalue weighted by Crippen LogP contribution is -2.13. The fourth-order valence-electron chi connectivity index (χ4n) is 1.85. The van der Waals surface area contributed by atoms with E-state index in [9.17, 15) is 8.42 Å². The summed E-state index contributed by atoms with van der Waals surface area (Å²) in [4.78, 5) is 0.125. The zero-order valence-corrected chi connectivity index (χ0v) is 13.3. The Bertz CT molecular complexity index is 736. The molecule has 21 heavy (non-hydrogen) atoms. The van der Waals surface area contributed by atoms with Crippen molar-refractivity contribution in [1.82, 2.24) is 9.78 Å². The van der Waals surface area contributed by atoms with Crippen LogP contribution in [-0.4, -0.2) is 25.3 Å². The molecule has 0 atom stereocenters. The highest BCUT2D eigenvalue weighted by Gasteiger charge is 2.19. The van der Waals surface area contributed by atoms with Gasteiger partial charge in [0.05, 0.1) is 19.0 Å². The van der Waals surface area contributed by atoms with Crippen molar-refractivity contribution in [2.45, 2.75) is 31.7 Å². The van der Waals surface area contributed by atoms with Crippen molar-refractivity contribution < 1.29 is 13.2 Å². The van der Waals surface area contributed by atoms with Gasteiger partial charge in [-0.1, -0.05) is 6.07 Å². The number of hydrogen-bond acceptors (Lipinski definition) is 4. The smallest absolute Gasteiger partial charge is 0.265 e. The average molecular weight is 309 g/mol. The van der Waals surface area contributed by atoms with Crippen molar-refractivity contribution in [1.29, 1.82) is 0 Å². The number of nitrogens with one attached hydrogen (secondary N) is 1. The van der Waals surface area contributed by atoms with Gasteiger partial charge in [-0.05, 0) is 38.5 Å². The Morgan fingerprint density at radius 2 is 2.05 bits per heavy atom. The number of ether oxygens (including phenoxy) is 1. The van der Waals surface area contributed by atoms with E-state index in [1.165, 1.54) is 19.5 Å². The number of methoxy groups -OCH3 is 1. The molecular weight excluding hydrogens is 290 g/mol. The highest BCUT2D eigenvalue weighted by molar-refractivity contribution is 7.92. The van der Waals surface area contributed by atoms with Crippen LogP contribution in [0.4, 0.5) is 5.69 Å². The van der Waals surface area contributed by atoms with Gasteiger partial charge < -0.3 is 4.74 Å². The highest BCUT2D eigenvalue weighted by Crippen LogP contribution is 2.27. The summed E-state index contributed by atoms with van der Waals surface area (Å²) in [6, 6.07) is 5.41. The van der Waals surface area contributed by atoms with Crippen molar-refractivity contribution in [3.8, 4) is 5.75 Å². The predicted molar refractivity (Wildman–Crippen MR) is 81.2 cm³/mol. The minimum atomic E-state index is -3.69. The van der Waals surface area contributed by atoms with E-state index in [2.05, 4.69) is 9.82 Å². The summed E-state index contributed by atoms with van der Waals surface area (Å²) in [6.07, 6.45) is 2.85. The van der Waals surface area contributed by atoms with E-state index >= 15 is 0 Å². The van der Waals surface area contributed by atoms with Crippen LogP contribution in [0, 0.1) is 6.92 Å². The second-order valence-corrected chi connectivity index (χ2v) is 6.74. The highest BCUT2D eigenvalue weighted by atomic mass is 32.2. The molecule has 0 amide bonds. The van der Waals surface area contributed by atoms with E-state index < -0.39 is 10.0 Å². The molecule has 0 radical (unpaired) electrons. The molecule has 0 aliphatic heterocycles. The number of aryl methyl sites for hydroxylation is 1. The van der Waals surface area contributed by atoms with E-state index in [0.717, 1.165) is 5.56 Å². The van der Waals surface area contributed by atoms with Gasteiger partial charge in [-0.2, -0.15) is 5.10 Å². The van der Waals surface area contributed by atoms with Crippen LogP contribution in [0.1, 0.15) is 25.5 Å². The van der Waals surface area contributed by atoms with Crippen LogP contribution >= 0.6 is 0 Å². The Morgan fingerprint density at radius 1 is 1.33 bits per heavy atom. The van der Waals surface area contributed by atoms with E-state index in [1.54, 1.807) is 16.8 Å². The van der Waals surface area contributed by atoms with Gasteiger partial charge in [0.1, 0.15) is 10.6 Å². The summed E-state index contributed by atoms with van der Waals surface area (Å²) >= 11 is 0. The lowest BCUT2D eigenvalue weighted by atomic mass is 10.2. The van der Waals surface area contributed by atoms with Gasteiger partial charge in [-0.25, -0.2) is 8.42 Å². The predicted octanol–water partition coefficient (Wildman–Crippen LogP) is 2.58. The van der Waals surface area contributed by atoms with Crippen molar-refractivity contribution in [2.24, 2.45) is 0 Å². The van der Waals surface area contributed by atoms with Gasteiger partial charge >= 0.3 is 0 Å². The molecular formula is C14H19N3O3S. The van der Waals surface area contributed by atoms with Crippen molar-refractivity contribution in [3.05, 3.63) is 36.2 Å². The summed E-state index contributed by atoms with van der Waals surface area (Å²) in [5, 5.41) is 4.05. The summed E-state index contributed by atoms with van der Waals surface area (Å²) < 4.78 is 34.1. The van der Waals surface area contributed by atoms with E-state index in [1.807, 2.05) is 26.8 Å². The molecule has 0 saturated heterocycles. The summed E-state index contributed by atoms with van der Waals surface area (Å²) in [7, 11) is -2.19. The molecule has 1 aromatic carbocycles. The molecule has 0 saturated carbocycles. The second-order valence-electron chi connectivity index (χ2n) is 5.06. The van der Waals surface area contributed by atoms with Crippen LogP contribution in [0.15, 0.2) is 35.5 Å². The zero-order chi connectivity index (χ0) is 15.6. The fraction of sp³-hybridized carbons (Fsp3) is 0.357. The molecule has 0 bridgehead atoms. The van der Waals surface area contributed by atoms with Gasteiger partial charge in [0.2, 0.25) is 0 Å². The third-order valence-corrected chi connectivity index (χ3v) is 4.34. The first kappa shape index (κ1) is 15.4. The first-order valence-corrected chi connectivity index (χ1v) is 8.03. The van der Waals surface area contributed by atoms with Gasteiger partial charge in [-0.3, -0.25) is 9.40 Å². The van der Waals surface area contributed by atoms with Crippen LogP contribution < -0.4 is 9.46 Å². The Morgan fingerprint density at radius 3 is 2.62 bits per heavy atom. The molecule has 114 valence electrons. The molecule has 1 N–H and O–H groups in total. The minimum absolute atomic E-state index is 0.0995. The van der Waals surface area contributed by atoms with Crippen LogP contribution in [0.2, 0.25) is 0 Å². The van der Waals surface area contributed by atoms with E-state index in [4.69, 9.17) is 4.74 Å². The maximum Gasteiger partial charge on any atom is 0.265 e. The zero-order valence-electron chi connectivity index (χ0n) is 12.5. The van der Waals surface area contributed by atoms with Crippen molar-refractivity contribution >= 4 is 15.7 Å². The molecule has 1 heterocycles. The Labute approximate surface area is 124 Å². The van der Waals surface area contributed by atoms with E-state index in [-0.39, 0.29) is 10.9 Å². The van der Waals surface area contributed by atoms with Gasteiger partial charge in [-0.15, -0.1) is 0 Å². The third-order valence-electron chi connectivity index (χ3n) is 3.02. The molecule has 0 aliphatic rings. The summed E-state index contributed by atoms with van der Waals surface area (Å²) in [5.74, 6) is 0.473. The van der Waals surface area contributed by atoms with Gasteiger partial charge in [0.15, 0.2) is 0 Å². The van der Waals surface area contributed by atoms with Crippen LogP contribution in [0.25, 0.3) is 0 Å². The number of rotatable bonds is 5. The number of anilines is 1. The molecule has 0 fully saturated rings. The topological polar surface area (TPSA) is 73.2 Å². The number of nitrogens with zero attached hydrogens (tertiary/aromatic N) is 2. The van der Waals surface area contributed by atoms with Crippen LogP contribution in [0.5, 0.6) is 5.75 Å². The quantitative estimate of drug-likeness (QED) is 0.921. The van der Waals surface area contributed by atoms with Gasteiger partial charge in [0, 0.05) is 12.2 Å². The normalized spacial score (nSPS) is 11.7. The molecule has 0 unspecified atom stereocenters. The van der Waals surface area contributed by atoms with Gasteiger partial charge in [0.25, 0.3) is 10.0 Å². The molecule has 6 nitrogen and oxygen atoms in total. The largest absolute Gasteiger partial charge is 0.495 e. The number of sulfonamides is 1.